The van der Waals surface area contributed by atoms with E-state index in [-0.39, 0.29) is 5.56 Å². The van der Waals surface area contributed by atoms with Gasteiger partial charge in [-0.3, -0.25) is 0 Å². The molecule has 0 fully saturated rings. The van der Waals surface area contributed by atoms with Crippen molar-refractivity contribution in [2.75, 3.05) is 0 Å². The van der Waals surface area contributed by atoms with Crippen molar-refractivity contribution in [2.24, 2.45) is 0 Å². The molecule has 4 heteroatoms. The minimum Gasteiger partial charge on any atom is -0.205 e. The molecule has 0 N–H and O–H groups in total. The van der Waals surface area contributed by atoms with Crippen molar-refractivity contribution in [1.82, 2.24) is 0 Å². The Bertz CT molecular complexity index is 299. The summed E-state index contributed by atoms with van der Waals surface area (Å²) in [6, 6.07) is 3.22. The summed E-state index contributed by atoms with van der Waals surface area (Å²) in [7, 11) is 0. The van der Waals surface area contributed by atoms with E-state index in [1.807, 2.05) is 6.92 Å². The zero-order valence-electron chi connectivity index (χ0n) is 6.24. The van der Waals surface area contributed by atoms with Gasteiger partial charge in [-0.2, -0.15) is 0 Å². The largest absolute Gasteiger partial charge is 0.264 e. The van der Waals surface area contributed by atoms with Crippen LogP contribution in [-0.2, 0) is 0 Å². The summed E-state index contributed by atoms with van der Waals surface area (Å²) in [5, 5.41) is 0. The van der Waals surface area contributed by atoms with Gasteiger partial charge in [0.1, 0.15) is 0 Å². The van der Waals surface area contributed by atoms with E-state index in [1.165, 1.54) is 6.07 Å². The average molecular weight is 347 g/mol. The Kier molecular flexibility index (Phi) is 3.46. The quantitative estimate of drug-likeness (QED) is 0.665. The molecule has 0 radical (unpaired) electrons. The molecule has 0 aromatic heterocycles. The number of hydrogen-bond donors (Lipinski definition) is 0. The molecule has 12 heavy (non-hydrogen) atoms. The van der Waals surface area contributed by atoms with E-state index in [4.69, 9.17) is 0 Å². The standard InChI is InChI=1S/C8H6BrF2I/c1-4-2-5(8(10)11)6(9)3-7(4)12/h2-3,8H,1H3. The van der Waals surface area contributed by atoms with Crippen LogP contribution in [0.5, 0.6) is 0 Å². The SMILES string of the molecule is Cc1cc(C(F)F)c(Br)cc1I. The summed E-state index contributed by atoms with van der Waals surface area (Å²) in [4.78, 5) is 0. The van der Waals surface area contributed by atoms with E-state index in [2.05, 4.69) is 38.5 Å². The van der Waals surface area contributed by atoms with Crippen molar-refractivity contribution in [3.63, 3.8) is 0 Å². The summed E-state index contributed by atoms with van der Waals surface area (Å²) in [6.45, 7) is 1.82. The molecule has 0 aliphatic heterocycles. The molecular weight excluding hydrogens is 341 g/mol. The lowest BCUT2D eigenvalue weighted by molar-refractivity contribution is 0.150. The van der Waals surface area contributed by atoms with Crippen molar-refractivity contribution in [3.8, 4) is 0 Å². The Balaban J connectivity index is 3.23. The summed E-state index contributed by atoms with van der Waals surface area (Å²) < 4.78 is 26.1. The van der Waals surface area contributed by atoms with Gasteiger partial charge in [0, 0.05) is 13.6 Å². The van der Waals surface area contributed by atoms with Crippen molar-refractivity contribution < 1.29 is 8.78 Å². The fourth-order valence-electron chi connectivity index (χ4n) is 0.847. The molecule has 0 aliphatic carbocycles. The van der Waals surface area contributed by atoms with Crippen LogP contribution in [0.3, 0.4) is 0 Å². The van der Waals surface area contributed by atoms with Gasteiger partial charge in [-0.15, -0.1) is 0 Å². The molecule has 1 aromatic carbocycles. The number of benzene rings is 1. The smallest absolute Gasteiger partial charge is 0.205 e. The van der Waals surface area contributed by atoms with Crippen LogP contribution in [0.4, 0.5) is 8.78 Å². The van der Waals surface area contributed by atoms with Gasteiger partial charge in [0.2, 0.25) is 0 Å². The molecular formula is C8H6BrF2I. The normalized spacial score (nSPS) is 10.8. The van der Waals surface area contributed by atoms with Gasteiger partial charge in [0.05, 0.1) is 0 Å². The molecule has 0 atom stereocenters. The molecule has 0 heterocycles. The molecule has 1 aromatic rings. The second-order valence-corrected chi connectivity index (χ2v) is 4.44. The second kappa shape index (κ2) is 4.00. The Morgan fingerprint density at radius 1 is 1.42 bits per heavy atom. The van der Waals surface area contributed by atoms with Crippen LogP contribution in [0, 0.1) is 10.5 Å². The lowest BCUT2D eigenvalue weighted by Crippen LogP contribution is -1.90. The lowest BCUT2D eigenvalue weighted by atomic mass is 10.1. The Labute approximate surface area is 91.6 Å². The summed E-state index contributed by atoms with van der Waals surface area (Å²) in [5.74, 6) is 0. The van der Waals surface area contributed by atoms with Crippen molar-refractivity contribution in [2.45, 2.75) is 13.3 Å². The number of rotatable bonds is 1. The van der Waals surface area contributed by atoms with E-state index in [0.717, 1.165) is 9.13 Å². The van der Waals surface area contributed by atoms with Crippen LogP contribution in [0.1, 0.15) is 17.6 Å². The lowest BCUT2D eigenvalue weighted by Gasteiger charge is -2.05. The molecule has 0 saturated carbocycles. The van der Waals surface area contributed by atoms with E-state index in [1.54, 1.807) is 6.07 Å². The minimum atomic E-state index is -2.41. The molecule has 0 nitrogen and oxygen atoms in total. The maximum Gasteiger partial charge on any atom is 0.264 e. The third-order valence-corrected chi connectivity index (χ3v) is 3.36. The first-order valence-corrected chi connectivity index (χ1v) is 5.13. The maximum atomic E-state index is 12.3. The number of aryl methyl sites for hydroxylation is 1. The van der Waals surface area contributed by atoms with Gasteiger partial charge < -0.3 is 0 Å². The zero-order chi connectivity index (χ0) is 9.30. The highest BCUT2D eigenvalue weighted by Crippen LogP contribution is 2.30. The van der Waals surface area contributed by atoms with Gasteiger partial charge in [0.25, 0.3) is 6.43 Å². The van der Waals surface area contributed by atoms with E-state index in [0.29, 0.717) is 4.47 Å². The summed E-state index contributed by atoms with van der Waals surface area (Å²) in [6.07, 6.45) is -2.41. The van der Waals surface area contributed by atoms with Gasteiger partial charge >= 0.3 is 0 Å². The van der Waals surface area contributed by atoms with Gasteiger partial charge in [-0.1, -0.05) is 15.9 Å². The van der Waals surface area contributed by atoms with Crippen LogP contribution < -0.4 is 0 Å². The van der Waals surface area contributed by atoms with Crippen molar-refractivity contribution in [3.05, 3.63) is 31.3 Å². The van der Waals surface area contributed by atoms with Crippen molar-refractivity contribution >= 4 is 38.5 Å². The van der Waals surface area contributed by atoms with Crippen LogP contribution in [-0.4, -0.2) is 0 Å². The molecule has 0 spiro atoms. The summed E-state index contributed by atoms with van der Waals surface area (Å²) in [5.41, 5.74) is 0.946. The fraction of sp³-hybridized carbons (Fsp3) is 0.250. The first-order valence-electron chi connectivity index (χ1n) is 3.26. The number of alkyl halides is 2. The predicted octanol–water partition coefficient (Wildman–Crippen LogP) is 4.30. The monoisotopic (exact) mass is 346 g/mol. The highest BCUT2D eigenvalue weighted by atomic mass is 127. The maximum absolute atomic E-state index is 12.3. The van der Waals surface area contributed by atoms with Crippen LogP contribution in [0.2, 0.25) is 0 Å². The average Bonchev–Trinajstić information content (AvgIpc) is 1.96. The fourth-order valence-corrected chi connectivity index (χ4v) is 2.26. The van der Waals surface area contributed by atoms with Crippen LogP contribution in [0.25, 0.3) is 0 Å². The topological polar surface area (TPSA) is 0 Å². The van der Waals surface area contributed by atoms with Crippen LogP contribution >= 0.6 is 38.5 Å². The Morgan fingerprint density at radius 3 is 2.50 bits per heavy atom. The first-order chi connectivity index (χ1) is 5.52. The zero-order valence-corrected chi connectivity index (χ0v) is 9.99. The molecule has 0 bridgehead atoms. The number of hydrogen-bond acceptors (Lipinski definition) is 0. The second-order valence-electron chi connectivity index (χ2n) is 2.42. The van der Waals surface area contributed by atoms with Gasteiger partial charge in [0.15, 0.2) is 0 Å². The molecule has 0 amide bonds. The van der Waals surface area contributed by atoms with E-state index < -0.39 is 6.43 Å². The molecule has 0 aliphatic rings. The first kappa shape index (κ1) is 10.4. The molecule has 66 valence electrons. The Hall–Kier alpha value is 0.290. The minimum absolute atomic E-state index is 0.0629. The highest BCUT2D eigenvalue weighted by Gasteiger charge is 2.12. The summed E-state index contributed by atoms with van der Waals surface area (Å²) >= 11 is 5.21. The van der Waals surface area contributed by atoms with E-state index in [9.17, 15) is 8.78 Å². The van der Waals surface area contributed by atoms with Crippen LogP contribution in [0.15, 0.2) is 16.6 Å². The van der Waals surface area contributed by atoms with Crippen molar-refractivity contribution in [1.29, 1.82) is 0 Å². The highest BCUT2D eigenvalue weighted by molar-refractivity contribution is 14.1. The molecule has 0 saturated heterocycles. The van der Waals surface area contributed by atoms with Gasteiger partial charge in [-0.25, -0.2) is 8.78 Å². The van der Waals surface area contributed by atoms with E-state index >= 15 is 0 Å². The molecule has 0 unspecified atom stereocenters. The number of halogens is 4. The molecule has 1 rings (SSSR count). The Morgan fingerprint density at radius 2 is 2.00 bits per heavy atom. The third-order valence-electron chi connectivity index (χ3n) is 1.51. The van der Waals surface area contributed by atoms with Gasteiger partial charge in [-0.05, 0) is 47.2 Å². The third kappa shape index (κ3) is 2.16. The predicted molar refractivity (Wildman–Crippen MR) is 56.6 cm³/mol.